The van der Waals surface area contributed by atoms with Gasteiger partial charge < -0.3 is 16.4 Å². The van der Waals surface area contributed by atoms with E-state index in [-0.39, 0.29) is 5.91 Å². The molecule has 1 aliphatic rings. The maximum absolute atomic E-state index is 13.7. The molecule has 170 valence electrons. The van der Waals surface area contributed by atoms with Crippen molar-refractivity contribution in [2.75, 3.05) is 23.8 Å². The van der Waals surface area contributed by atoms with Gasteiger partial charge in [0, 0.05) is 29.8 Å². The van der Waals surface area contributed by atoms with Crippen molar-refractivity contribution in [1.29, 1.82) is 0 Å². The molecule has 3 aromatic rings. The van der Waals surface area contributed by atoms with E-state index in [1.54, 1.807) is 17.1 Å². The number of carbonyl (C=O) groups is 2. The Bertz CT molecular complexity index is 1110. The zero-order valence-electron chi connectivity index (χ0n) is 18.1. The molecule has 8 heteroatoms. The molecule has 0 aliphatic carbocycles. The van der Waals surface area contributed by atoms with Gasteiger partial charge in [-0.3, -0.25) is 14.8 Å². The van der Waals surface area contributed by atoms with E-state index in [2.05, 4.69) is 26.6 Å². The van der Waals surface area contributed by atoms with Crippen LogP contribution in [-0.2, 0) is 11.3 Å². The van der Waals surface area contributed by atoms with Crippen molar-refractivity contribution < 1.29 is 9.59 Å². The average Bonchev–Trinajstić information content (AvgIpc) is 3.32. The Morgan fingerprint density at radius 1 is 0.939 bits per heavy atom. The number of carbonyl (C=O) groups excluding carboxylic acids is 2. The molecule has 1 aliphatic heterocycles. The number of hydrogen-bond acceptors (Lipinski definition) is 4. The number of para-hydroxylation sites is 1. The Kier molecular flexibility index (Phi) is 7.14. The van der Waals surface area contributed by atoms with Crippen LogP contribution < -0.4 is 21.4 Å². The third kappa shape index (κ3) is 5.46. The molecule has 0 saturated carbocycles. The van der Waals surface area contributed by atoms with Gasteiger partial charge in [-0.15, -0.1) is 0 Å². The van der Waals surface area contributed by atoms with Crippen molar-refractivity contribution in [1.82, 2.24) is 15.6 Å². The maximum Gasteiger partial charge on any atom is 0.315 e. The standard InChI is InChI=1S/C25H26BrN5O2/c26-21-9-4-5-10-22(21)30-15-6-16-31(30)24(32)23(19-7-2-1-3-8-19)29-25(33)28-17-18-11-13-20(27)14-12-18/h1-5,7-14,23H,6,15-17,27H2,(H2,28,29,33)/t23-/m1/s1. The van der Waals surface area contributed by atoms with Crippen molar-refractivity contribution >= 4 is 39.2 Å². The van der Waals surface area contributed by atoms with Gasteiger partial charge in [0.15, 0.2) is 0 Å². The molecule has 1 heterocycles. The summed E-state index contributed by atoms with van der Waals surface area (Å²) in [5.41, 5.74) is 8.95. The molecule has 3 amide bonds. The second-order valence-electron chi connectivity index (χ2n) is 7.80. The Hall–Kier alpha value is -3.52. The second kappa shape index (κ2) is 10.4. The Balaban J connectivity index is 1.51. The summed E-state index contributed by atoms with van der Waals surface area (Å²) >= 11 is 3.59. The molecule has 4 N–H and O–H groups in total. The first kappa shape index (κ1) is 22.7. The summed E-state index contributed by atoms with van der Waals surface area (Å²) in [6, 6.07) is 23.2. The molecule has 1 atom stereocenters. The third-order valence-corrected chi connectivity index (χ3v) is 6.17. The fourth-order valence-corrected chi connectivity index (χ4v) is 4.32. The third-order valence-electron chi connectivity index (χ3n) is 5.50. The lowest BCUT2D eigenvalue weighted by atomic mass is 10.1. The highest BCUT2D eigenvalue weighted by Crippen LogP contribution is 2.31. The van der Waals surface area contributed by atoms with Gasteiger partial charge in [0.05, 0.1) is 5.69 Å². The van der Waals surface area contributed by atoms with Gasteiger partial charge in [-0.1, -0.05) is 54.6 Å². The minimum absolute atomic E-state index is 0.183. The van der Waals surface area contributed by atoms with E-state index in [1.165, 1.54) is 0 Å². The van der Waals surface area contributed by atoms with Crippen molar-refractivity contribution in [2.24, 2.45) is 0 Å². The van der Waals surface area contributed by atoms with Crippen LogP contribution in [0.3, 0.4) is 0 Å². The molecular weight excluding hydrogens is 482 g/mol. The van der Waals surface area contributed by atoms with Crippen molar-refractivity contribution in [3.05, 3.63) is 94.5 Å². The van der Waals surface area contributed by atoms with E-state index in [9.17, 15) is 9.59 Å². The highest BCUT2D eigenvalue weighted by molar-refractivity contribution is 9.10. The van der Waals surface area contributed by atoms with Gasteiger partial charge in [-0.05, 0) is 57.7 Å². The first-order chi connectivity index (χ1) is 16.0. The summed E-state index contributed by atoms with van der Waals surface area (Å²) in [7, 11) is 0. The van der Waals surface area contributed by atoms with Crippen LogP contribution in [0, 0.1) is 0 Å². The predicted molar refractivity (Wildman–Crippen MR) is 133 cm³/mol. The Morgan fingerprint density at radius 3 is 2.36 bits per heavy atom. The topological polar surface area (TPSA) is 90.7 Å². The number of halogens is 1. The van der Waals surface area contributed by atoms with Gasteiger partial charge in [0.2, 0.25) is 0 Å². The van der Waals surface area contributed by atoms with Crippen LogP contribution in [0.5, 0.6) is 0 Å². The highest BCUT2D eigenvalue weighted by Gasteiger charge is 2.34. The molecule has 33 heavy (non-hydrogen) atoms. The van der Waals surface area contributed by atoms with Gasteiger partial charge in [0.25, 0.3) is 5.91 Å². The Morgan fingerprint density at radius 2 is 1.64 bits per heavy atom. The number of nitrogens with zero attached hydrogens (tertiary/aromatic N) is 2. The van der Waals surface area contributed by atoms with Crippen LogP contribution in [0.2, 0.25) is 0 Å². The number of nitrogen functional groups attached to an aromatic ring is 1. The quantitative estimate of drug-likeness (QED) is 0.435. The van der Waals surface area contributed by atoms with E-state index < -0.39 is 12.1 Å². The number of nitrogens with one attached hydrogen (secondary N) is 2. The molecule has 4 rings (SSSR count). The fraction of sp³-hybridized carbons (Fsp3) is 0.200. The minimum atomic E-state index is -0.819. The number of rotatable bonds is 6. The summed E-state index contributed by atoms with van der Waals surface area (Å²) in [6.07, 6.45) is 0.845. The van der Waals surface area contributed by atoms with Crippen molar-refractivity contribution in [2.45, 2.75) is 19.0 Å². The monoisotopic (exact) mass is 507 g/mol. The van der Waals surface area contributed by atoms with Crippen molar-refractivity contribution in [3.63, 3.8) is 0 Å². The number of amides is 3. The molecular formula is C25H26BrN5O2. The number of hydrogen-bond donors (Lipinski definition) is 3. The summed E-state index contributed by atoms with van der Waals surface area (Å²) in [5.74, 6) is -0.183. The molecule has 1 saturated heterocycles. The zero-order valence-corrected chi connectivity index (χ0v) is 19.7. The van der Waals surface area contributed by atoms with Crippen LogP contribution in [0.15, 0.2) is 83.3 Å². The van der Waals surface area contributed by atoms with Gasteiger partial charge in [0.1, 0.15) is 6.04 Å². The van der Waals surface area contributed by atoms with Crippen LogP contribution in [0.25, 0.3) is 0 Å². The SMILES string of the molecule is Nc1ccc(CNC(=O)N[C@@H](C(=O)N2CCCN2c2ccccc2Br)c2ccccc2)cc1. The zero-order chi connectivity index (χ0) is 23.2. The Labute approximate surface area is 201 Å². The fourth-order valence-electron chi connectivity index (χ4n) is 3.83. The molecule has 0 spiro atoms. The predicted octanol–water partition coefficient (Wildman–Crippen LogP) is 4.23. The van der Waals surface area contributed by atoms with E-state index in [0.717, 1.165) is 34.3 Å². The lowest BCUT2D eigenvalue weighted by molar-refractivity contribution is -0.132. The molecule has 0 unspecified atom stereocenters. The molecule has 0 bridgehead atoms. The number of benzene rings is 3. The summed E-state index contributed by atoms with van der Waals surface area (Å²) in [4.78, 5) is 26.5. The van der Waals surface area contributed by atoms with E-state index in [1.807, 2.05) is 71.7 Å². The van der Waals surface area contributed by atoms with Gasteiger partial charge in [-0.2, -0.15) is 0 Å². The maximum atomic E-state index is 13.7. The second-order valence-corrected chi connectivity index (χ2v) is 8.66. The first-order valence-electron chi connectivity index (χ1n) is 10.8. The normalized spacial score (nSPS) is 14.1. The lowest BCUT2D eigenvalue weighted by Gasteiger charge is -2.33. The van der Waals surface area contributed by atoms with Crippen LogP contribution in [0.4, 0.5) is 16.2 Å². The lowest BCUT2D eigenvalue weighted by Crippen LogP contribution is -2.49. The smallest absolute Gasteiger partial charge is 0.315 e. The molecule has 7 nitrogen and oxygen atoms in total. The molecule has 3 aromatic carbocycles. The van der Waals surface area contributed by atoms with E-state index in [4.69, 9.17) is 5.73 Å². The number of anilines is 2. The van der Waals surface area contributed by atoms with Crippen LogP contribution in [-0.4, -0.2) is 30.0 Å². The van der Waals surface area contributed by atoms with Crippen LogP contribution in [0.1, 0.15) is 23.6 Å². The van der Waals surface area contributed by atoms with Crippen molar-refractivity contribution in [3.8, 4) is 0 Å². The van der Waals surface area contributed by atoms with Crippen LogP contribution >= 0.6 is 15.9 Å². The molecule has 0 aromatic heterocycles. The van der Waals surface area contributed by atoms with E-state index >= 15 is 0 Å². The largest absolute Gasteiger partial charge is 0.399 e. The highest BCUT2D eigenvalue weighted by atomic mass is 79.9. The number of hydrazine groups is 1. The first-order valence-corrected chi connectivity index (χ1v) is 11.6. The van der Waals surface area contributed by atoms with Gasteiger partial charge >= 0.3 is 6.03 Å². The minimum Gasteiger partial charge on any atom is -0.399 e. The molecule has 1 fully saturated rings. The van der Waals surface area contributed by atoms with Gasteiger partial charge in [-0.25, -0.2) is 4.79 Å². The average molecular weight is 508 g/mol. The number of urea groups is 1. The summed E-state index contributed by atoms with van der Waals surface area (Å²) in [5, 5.41) is 9.40. The molecule has 0 radical (unpaired) electrons. The summed E-state index contributed by atoms with van der Waals surface area (Å²) in [6.45, 7) is 1.63. The summed E-state index contributed by atoms with van der Waals surface area (Å²) < 4.78 is 0.912. The van der Waals surface area contributed by atoms with E-state index in [0.29, 0.717) is 18.8 Å². The number of nitrogens with two attached hydrogens (primary N) is 1.